The molecule has 14 heavy (non-hydrogen) atoms. The van der Waals surface area contributed by atoms with Gasteiger partial charge in [0, 0.05) is 19.5 Å². The standard InChI is InChI=1S/C11H22N2O/c1-9(2)7-11(3,14)8-13-10-5-4-6-12-10/h9,14H,4-8H2,1-3H3,(H,12,13). The van der Waals surface area contributed by atoms with Crippen LogP contribution in [0.2, 0.25) is 0 Å². The Morgan fingerprint density at radius 3 is 2.79 bits per heavy atom. The number of hydrogen-bond acceptors (Lipinski definition) is 3. The van der Waals surface area contributed by atoms with Crippen molar-refractivity contribution < 1.29 is 5.11 Å². The highest BCUT2D eigenvalue weighted by molar-refractivity contribution is 5.83. The van der Waals surface area contributed by atoms with Gasteiger partial charge < -0.3 is 10.4 Å². The summed E-state index contributed by atoms with van der Waals surface area (Å²) in [6, 6.07) is 0. The van der Waals surface area contributed by atoms with Crippen LogP contribution in [0, 0.1) is 5.92 Å². The van der Waals surface area contributed by atoms with Crippen LogP contribution in [0.4, 0.5) is 0 Å². The summed E-state index contributed by atoms with van der Waals surface area (Å²) in [5.74, 6) is 1.59. The van der Waals surface area contributed by atoms with Crippen LogP contribution in [-0.2, 0) is 0 Å². The third-order valence-corrected chi connectivity index (χ3v) is 2.40. The minimum absolute atomic E-state index is 0.525. The van der Waals surface area contributed by atoms with E-state index in [2.05, 4.69) is 24.2 Å². The molecule has 2 N–H and O–H groups in total. The summed E-state index contributed by atoms with van der Waals surface area (Å²) in [7, 11) is 0. The van der Waals surface area contributed by atoms with Crippen LogP contribution in [0.5, 0.6) is 0 Å². The molecule has 1 heterocycles. The van der Waals surface area contributed by atoms with Gasteiger partial charge in [-0.25, -0.2) is 0 Å². The molecule has 0 radical (unpaired) electrons. The Bertz CT molecular complexity index is 209. The molecule has 0 fully saturated rings. The number of nitrogens with zero attached hydrogens (tertiary/aromatic N) is 1. The van der Waals surface area contributed by atoms with Crippen molar-refractivity contribution in [3.05, 3.63) is 0 Å². The van der Waals surface area contributed by atoms with Crippen molar-refractivity contribution in [2.24, 2.45) is 10.9 Å². The molecule has 1 unspecified atom stereocenters. The first-order chi connectivity index (χ1) is 6.49. The topological polar surface area (TPSA) is 44.6 Å². The fraction of sp³-hybridized carbons (Fsp3) is 0.909. The van der Waals surface area contributed by atoms with Crippen LogP contribution in [0.3, 0.4) is 0 Å². The number of aliphatic imine (C=N–C) groups is 1. The Hall–Kier alpha value is -0.570. The van der Waals surface area contributed by atoms with Crippen molar-refractivity contribution in [1.82, 2.24) is 5.32 Å². The molecule has 0 spiro atoms. The van der Waals surface area contributed by atoms with Crippen LogP contribution < -0.4 is 5.32 Å². The van der Waals surface area contributed by atoms with Gasteiger partial charge in [0.1, 0.15) is 0 Å². The van der Waals surface area contributed by atoms with E-state index in [4.69, 9.17) is 0 Å². The van der Waals surface area contributed by atoms with Crippen LogP contribution in [0.15, 0.2) is 4.99 Å². The maximum Gasteiger partial charge on any atom is 0.0964 e. The first kappa shape index (κ1) is 11.5. The van der Waals surface area contributed by atoms with E-state index < -0.39 is 5.60 Å². The van der Waals surface area contributed by atoms with Crippen LogP contribution >= 0.6 is 0 Å². The zero-order valence-corrected chi connectivity index (χ0v) is 9.51. The molecule has 0 amide bonds. The molecule has 1 aliphatic heterocycles. The minimum atomic E-state index is -0.612. The molecular formula is C11H22N2O. The van der Waals surface area contributed by atoms with Crippen molar-refractivity contribution in [2.75, 3.05) is 13.1 Å². The Kier molecular flexibility index (Phi) is 3.93. The Balaban J connectivity index is 2.27. The molecule has 0 bridgehead atoms. The second-order valence-corrected chi connectivity index (χ2v) is 4.88. The lowest BCUT2D eigenvalue weighted by molar-refractivity contribution is 0.0429. The first-order valence-electron chi connectivity index (χ1n) is 5.49. The van der Waals surface area contributed by atoms with Crippen molar-refractivity contribution >= 4 is 5.84 Å². The summed E-state index contributed by atoms with van der Waals surface area (Å²) in [6.45, 7) is 7.69. The van der Waals surface area contributed by atoms with Gasteiger partial charge in [-0.2, -0.15) is 0 Å². The molecule has 82 valence electrons. The fourth-order valence-electron chi connectivity index (χ4n) is 1.93. The van der Waals surface area contributed by atoms with Gasteiger partial charge >= 0.3 is 0 Å². The molecule has 0 saturated heterocycles. The van der Waals surface area contributed by atoms with E-state index in [-0.39, 0.29) is 0 Å². The number of nitrogens with one attached hydrogen (secondary N) is 1. The van der Waals surface area contributed by atoms with Gasteiger partial charge in [0.2, 0.25) is 0 Å². The van der Waals surface area contributed by atoms with E-state index in [1.165, 1.54) is 0 Å². The van der Waals surface area contributed by atoms with Gasteiger partial charge in [-0.3, -0.25) is 4.99 Å². The highest BCUT2D eigenvalue weighted by Gasteiger charge is 2.22. The first-order valence-corrected chi connectivity index (χ1v) is 5.49. The summed E-state index contributed by atoms with van der Waals surface area (Å²) in [6.07, 6.45) is 3.01. The van der Waals surface area contributed by atoms with Crippen molar-refractivity contribution in [1.29, 1.82) is 0 Å². The minimum Gasteiger partial charge on any atom is -0.388 e. The highest BCUT2D eigenvalue weighted by atomic mass is 16.3. The van der Waals surface area contributed by atoms with E-state index in [0.717, 1.165) is 31.6 Å². The number of aliphatic hydroxyl groups is 1. The summed E-state index contributed by atoms with van der Waals surface area (Å²) >= 11 is 0. The van der Waals surface area contributed by atoms with Crippen molar-refractivity contribution in [3.8, 4) is 0 Å². The molecule has 1 atom stereocenters. The van der Waals surface area contributed by atoms with Gasteiger partial charge in [-0.1, -0.05) is 13.8 Å². The molecule has 3 heteroatoms. The Labute approximate surface area is 86.6 Å². The lowest BCUT2D eigenvalue weighted by Gasteiger charge is -2.26. The summed E-state index contributed by atoms with van der Waals surface area (Å²) in [5.41, 5.74) is -0.612. The van der Waals surface area contributed by atoms with E-state index in [1.54, 1.807) is 0 Å². The predicted molar refractivity (Wildman–Crippen MR) is 59.6 cm³/mol. The van der Waals surface area contributed by atoms with Gasteiger partial charge in [0.25, 0.3) is 0 Å². The largest absolute Gasteiger partial charge is 0.388 e. The third kappa shape index (κ3) is 4.09. The number of hydrogen-bond donors (Lipinski definition) is 2. The molecule has 0 aromatic carbocycles. The van der Waals surface area contributed by atoms with Crippen LogP contribution in [0.1, 0.15) is 40.0 Å². The average Bonchev–Trinajstić information content (AvgIpc) is 2.50. The lowest BCUT2D eigenvalue weighted by Crippen LogP contribution is -2.41. The summed E-state index contributed by atoms with van der Waals surface area (Å²) in [5, 5.41) is 13.3. The van der Waals surface area contributed by atoms with E-state index in [9.17, 15) is 5.11 Å². The van der Waals surface area contributed by atoms with E-state index in [0.29, 0.717) is 12.5 Å². The molecule has 0 aliphatic carbocycles. The smallest absolute Gasteiger partial charge is 0.0964 e. The summed E-state index contributed by atoms with van der Waals surface area (Å²) < 4.78 is 0. The van der Waals surface area contributed by atoms with Gasteiger partial charge in [0.15, 0.2) is 0 Å². The second-order valence-electron chi connectivity index (χ2n) is 4.88. The van der Waals surface area contributed by atoms with E-state index >= 15 is 0 Å². The Morgan fingerprint density at radius 1 is 1.57 bits per heavy atom. The normalized spacial score (nSPS) is 20.8. The fourth-order valence-corrected chi connectivity index (χ4v) is 1.93. The average molecular weight is 198 g/mol. The third-order valence-electron chi connectivity index (χ3n) is 2.40. The zero-order valence-electron chi connectivity index (χ0n) is 9.51. The number of rotatable bonds is 4. The zero-order chi connectivity index (χ0) is 10.6. The molecule has 0 saturated carbocycles. The highest BCUT2D eigenvalue weighted by Crippen LogP contribution is 2.15. The van der Waals surface area contributed by atoms with Gasteiger partial charge in [-0.15, -0.1) is 0 Å². The Morgan fingerprint density at radius 2 is 2.29 bits per heavy atom. The number of amidine groups is 1. The second kappa shape index (κ2) is 4.78. The SMILES string of the molecule is CC(C)CC(C)(O)CNC1=NCCC1. The van der Waals surface area contributed by atoms with Crippen molar-refractivity contribution in [2.45, 2.75) is 45.6 Å². The summed E-state index contributed by atoms with van der Waals surface area (Å²) in [4.78, 5) is 4.31. The molecular weight excluding hydrogens is 176 g/mol. The molecule has 0 aromatic heterocycles. The van der Waals surface area contributed by atoms with E-state index in [1.807, 2.05) is 6.92 Å². The molecule has 3 nitrogen and oxygen atoms in total. The van der Waals surface area contributed by atoms with Gasteiger partial charge in [0.05, 0.1) is 11.4 Å². The molecule has 1 aliphatic rings. The molecule has 1 rings (SSSR count). The monoisotopic (exact) mass is 198 g/mol. The lowest BCUT2D eigenvalue weighted by atomic mass is 9.94. The maximum atomic E-state index is 10.0. The predicted octanol–water partition coefficient (Wildman–Crippen LogP) is 1.57. The maximum absolute atomic E-state index is 10.0. The van der Waals surface area contributed by atoms with Gasteiger partial charge in [-0.05, 0) is 25.7 Å². The molecule has 0 aromatic rings. The van der Waals surface area contributed by atoms with Crippen LogP contribution in [0.25, 0.3) is 0 Å². The van der Waals surface area contributed by atoms with Crippen molar-refractivity contribution in [3.63, 3.8) is 0 Å². The van der Waals surface area contributed by atoms with Crippen LogP contribution in [-0.4, -0.2) is 29.6 Å². The quantitative estimate of drug-likeness (QED) is 0.720.